The van der Waals surface area contributed by atoms with E-state index >= 15 is 0 Å². The third-order valence-corrected chi connectivity index (χ3v) is 3.58. The van der Waals surface area contributed by atoms with E-state index in [-0.39, 0.29) is 5.78 Å². The van der Waals surface area contributed by atoms with E-state index in [0.29, 0.717) is 15.6 Å². The molecule has 1 N–H and O–H groups in total. The van der Waals surface area contributed by atoms with Crippen LogP contribution in [-0.2, 0) is 4.79 Å². The molecule has 0 heterocycles. The molecular weight excluding hydrogens is 271 g/mol. The molecule has 0 aliphatic carbocycles. The summed E-state index contributed by atoms with van der Waals surface area (Å²) in [6, 6.07) is 5.01. The molecule has 1 rings (SSSR count). The lowest BCUT2D eigenvalue weighted by molar-refractivity contribution is -0.133. The van der Waals surface area contributed by atoms with Gasteiger partial charge in [-0.1, -0.05) is 57.0 Å². The minimum Gasteiger partial charge on any atom is -0.388 e. The molecular formula is C14H18Cl2O2. The van der Waals surface area contributed by atoms with Crippen molar-refractivity contribution in [3.8, 4) is 0 Å². The maximum absolute atomic E-state index is 12.2. The number of ketones is 1. The molecule has 0 saturated carbocycles. The Hall–Kier alpha value is -0.570. The number of benzene rings is 1. The largest absolute Gasteiger partial charge is 0.388 e. The number of hydrogen-bond donors (Lipinski definition) is 1. The van der Waals surface area contributed by atoms with Crippen molar-refractivity contribution in [3.63, 3.8) is 0 Å². The SMILES string of the molecule is C[C@H](C(=O)C(C)(C)C)[C@H](O)c1c(Cl)cccc1Cl. The van der Waals surface area contributed by atoms with Crippen molar-refractivity contribution < 1.29 is 9.90 Å². The summed E-state index contributed by atoms with van der Waals surface area (Å²) in [5, 5.41) is 11.1. The number of Topliss-reactive ketones (excluding diaryl/α,β-unsaturated/α-hetero) is 1. The van der Waals surface area contributed by atoms with Gasteiger partial charge in [-0.3, -0.25) is 4.79 Å². The second-order valence-corrected chi connectivity index (χ2v) is 6.30. The Labute approximate surface area is 118 Å². The molecule has 0 unspecified atom stereocenters. The van der Waals surface area contributed by atoms with Crippen LogP contribution in [0.2, 0.25) is 10.0 Å². The summed E-state index contributed by atoms with van der Waals surface area (Å²) >= 11 is 12.1. The monoisotopic (exact) mass is 288 g/mol. The van der Waals surface area contributed by atoms with Crippen molar-refractivity contribution in [1.29, 1.82) is 0 Å². The lowest BCUT2D eigenvalue weighted by Crippen LogP contribution is -2.30. The number of aliphatic hydroxyl groups is 1. The van der Waals surface area contributed by atoms with Crippen LogP contribution < -0.4 is 0 Å². The molecule has 0 aliphatic heterocycles. The van der Waals surface area contributed by atoms with Gasteiger partial charge in [-0.05, 0) is 12.1 Å². The van der Waals surface area contributed by atoms with Crippen molar-refractivity contribution in [2.45, 2.75) is 33.8 Å². The van der Waals surface area contributed by atoms with Crippen LogP contribution in [0.3, 0.4) is 0 Å². The van der Waals surface area contributed by atoms with Crippen molar-refractivity contribution in [2.75, 3.05) is 0 Å². The van der Waals surface area contributed by atoms with Gasteiger partial charge in [0.05, 0.1) is 6.10 Å². The average Bonchev–Trinajstić information content (AvgIpc) is 2.25. The minimum absolute atomic E-state index is 0.0222. The van der Waals surface area contributed by atoms with Gasteiger partial charge in [0, 0.05) is 26.9 Å². The van der Waals surface area contributed by atoms with E-state index in [1.54, 1.807) is 25.1 Å². The molecule has 0 spiro atoms. The molecule has 0 bridgehead atoms. The second-order valence-electron chi connectivity index (χ2n) is 5.48. The molecule has 0 aromatic heterocycles. The summed E-state index contributed by atoms with van der Waals surface area (Å²) in [6.07, 6.45) is -0.988. The highest BCUT2D eigenvalue weighted by molar-refractivity contribution is 6.36. The maximum Gasteiger partial charge on any atom is 0.143 e. The topological polar surface area (TPSA) is 37.3 Å². The van der Waals surface area contributed by atoms with Crippen LogP contribution in [0.1, 0.15) is 39.4 Å². The number of rotatable bonds is 3. The molecule has 0 fully saturated rings. The number of aliphatic hydroxyl groups excluding tert-OH is 1. The highest BCUT2D eigenvalue weighted by atomic mass is 35.5. The van der Waals surface area contributed by atoms with Gasteiger partial charge in [-0.25, -0.2) is 0 Å². The van der Waals surface area contributed by atoms with Crippen LogP contribution in [0.5, 0.6) is 0 Å². The molecule has 100 valence electrons. The molecule has 18 heavy (non-hydrogen) atoms. The second kappa shape index (κ2) is 5.60. The van der Waals surface area contributed by atoms with E-state index < -0.39 is 17.4 Å². The molecule has 2 atom stereocenters. The van der Waals surface area contributed by atoms with Gasteiger partial charge >= 0.3 is 0 Å². The fourth-order valence-corrected chi connectivity index (χ4v) is 2.49. The maximum atomic E-state index is 12.2. The Balaban J connectivity index is 3.08. The standard InChI is InChI=1S/C14H18Cl2O2/c1-8(13(18)14(2,3)4)12(17)11-9(15)6-5-7-10(11)16/h5-8,12,17H,1-4H3/t8-,12-/m0/s1. The van der Waals surface area contributed by atoms with Crippen molar-refractivity contribution in [3.05, 3.63) is 33.8 Å². The number of carbonyl (C=O) groups is 1. The summed E-state index contributed by atoms with van der Waals surface area (Å²) < 4.78 is 0. The molecule has 0 saturated heterocycles. The van der Waals surface area contributed by atoms with Crippen LogP contribution >= 0.6 is 23.2 Å². The third-order valence-electron chi connectivity index (χ3n) is 2.92. The van der Waals surface area contributed by atoms with Crippen LogP contribution in [0.25, 0.3) is 0 Å². The zero-order chi connectivity index (χ0) is 14.1. The molecule has 2 nitrogen and oxygen atoms in total. The summed E-state index contributed by atoms with van der Waals surface area (Å²) in [6.45, 7) is 7.17. The van der Waals surface area contributed by atoms with Gasteiger partial charge in [0.15, 0.2) is 0 Å². The van der Waals surface area contributed by atoms with Crippen LogP contribution in [0.15, 0.2) is 18.2 Å². The Bertz CT molecular complexity index is 429. The smallest absolute Gasteiger partial charge is 0.143 e. The van der Waals surface area contributed by atoms with E-state index in [0.717, 1.165) is 0 Å². The Morgan fingerprint density at radius 2 is 1.67 bits per heavy atom. The zero-order valence-electron chi connectivity index (χ0n) is 11.0. The Morgan fingerprint density at radius 3 is 2.06 bits per heavy atom. The number of hydrogen-bond acceptors (Lipinski definition) is 2. The van der Waals surface area contributed by atoms with Gasteiger partial charge in [0.25, 0.3) is 0 Å². The highest BCUT2D eigenvalue weighted by Crippen LogP contribution is 2.36. The summed E-state index contributed by atoms with van der Waals surface area (Å²) in [5.74, 6) is -0.576. The summed E-state index contributed by atoms with van der Waals surface area (Å²) in [5.41, 5.74) is -0.0837. The molecule has 1 aromatic carbocycles. The van der Waals surface area contributed by atoms with E-state index in [9.17, 15) is 9.90 Å². The van der Waals surface area contributed by atoms with Crippen molar-refractivity contribution >= 4 is 29.0 Å². The molecule has 0 amide bonds. The summed E-state index contributed by atoms with van der Waals surface area (Å²) in [7, 11) is 0. The first-order valence-corrected chi connectivity index (χ1v) is 6.58. The van der Waals surface area contributed by atoms with E-state index in [4.69, 9.17) is 23.2 Å². The van der Waals surface area contributed by atoms with E-state index in [1.807, 2.05) is 20.8 Å². The number of halogens is 2. The first-order valence-electron chi connectivity index (χ1n) is 5.82. The highest BCUT2D eigenvalue weighted by Gasteiger charge is 2.33. The third kappa shape index (κ3) is 3.25. The van der Waals surface area contributed by atoms with Gasteiger partial charge in [-0.2, -0.15) is 0 Å². The predicted octanol–water partition coefficient (Wildman–Crippen LogP) is 4.28. The van der Waals surface area contributed by atoms with Crippen LogP contribution in [0.4, 0.5) is 0 Å². The summed E-state index contributed by atoms with van der Waals surface area (Å²) in [4.78, 5) is 12.2. The van der Waals surface area contributed by atoms with Crippen LogP contribution in [-0.4, -0.2) is 10.9 Å². The average molecular weight is 289 g/mol. The van der Waals surface area contributed by atoms with E-state index in [2.05, 4.69) is 0 Å². The Kier molecular flexibility index (Phi) is 4.82. The lowest BCUT2D eigenvalue weighted by Gasteiger charge is -2.26. The van der Waals surface area contributed by atoms with Crippen LogP contribution in [0, 0.1) is 11.3 Å². The molecule has 4 heteroatoms. The molecule has 1 aromatic rings. The van der Waals surface area contributed by atoms with E-state index in [1.165, 1.54) is 0 Å². The fraction of sp³-hybridized carbons (Fsp3) is 0.500. The lowest BCUT2D eigenvalue weighted by atomic mass is 9.80. The predicted molar refractivity (Wildman–Crippen MR) is 75.0 cm³/mol. The van der Waals surface area contributed by atoms with Gasteiger partial charge in [-0.15, -0.1) is 0 Å². The minimum atomic E-state index is -0.988. The van der Waals surface area contributed by atoms with Crippen molar-refractivity contribution in [1.82, 2.24) is 0 Å². The molecule has 0 aliphatic rings. The zero-order valence-corrected chi connectivity index (χ0v) is 12.5. The number of carbonyl (C=O) groups excluding carboxylic acids is 1. The molecule has 0 radical (unpaired) electrons. The first kappa shape index (κ1) is 15.5. The van der Waals surface area contributed by atoms with Gasteiger partial charge < -0.3 is 5.11 Å². The normalized spacial score (nSPS) is 15.3. The first-order chi connectivity index (χ1) is 8.16. The Morgan fingerprint density at radius 1 is 1.22 bits per heavy atom. The van der Waals surface area contributed by atoms with Gasteiger partial charge in [0.1, 0.15) is 5.78 Å². The van der Waals surface area contributed by atoms with Crippen molar-refractivity contribution in [2.24, 2.45) is 11.3 Å². The fourth-order valence-electron chi connectivity index (χ4n) is 1.87. The quantitative estimate of drug-likeness (QED) is 0.901. The van der Waals surface area contributed by atoms with Gasteiger partial charge in [0.2, 0.25) is 0 Å².